The second-order valence-corrected chi connectivity index (χ2v) is 17.3. The van der Waals surface area contributed by atoms with E-state index in [9.17, 15) is 33.2 Å². The van der Waals surface area contributed by atoms with Crippen molar-refractivity contribution in [2.24, 2.45) is 11.8 Å². The number of anilines is 1. The van der Waals surface area contributed by atoms with Crippen molar-refractivity contribution in [3.63, 3.8) is 0 Å². The van der Waals surface area contributed by atoms with Crippen LogP contribution >= 0.6 is 0 Å². The molecular weight excluding hydrogens is 852 g/mol. The monoisotopic (exact) mass is 906 g/mol. The molecule has 0 bridgehead atoms. The van der Waals surface area contributed by atoms with Gasteiger partial charge >= 0.3 is 0 Å². The molecule has 1 aliphatic carbocycles. The first kappa shape index (κ1) is 46.2. The summed E-state index contributed by atoms with van der Waals surface area (Å²) in [6.45, 7) is 5.98. The molecule has 348 valence electrons. The molecule has 8 rings (SSSR count). The van der Waals surface area contributed by atoms with Crippen molar-refractivity contribution in [1.82, 2.24) is 25.4 Å². The number of nitrogens with zero attached hydrogens (tertiary/aromatic N) is 3. The standard InChI is InChI=1S/C49H55FN6O10/c1-30(31-6-8-32(9-7-31)37-18-19-51-40-15-10-33(50)26-39(37)40)46(59)53-34-11-13-35(14-12-34)66-36-27-55(28-36)21-3-22-63-24-25-64-23-20-52-44(58)29-65-42-5-2-4-38-45(42)49(62)56(48(38)61)41-16-17-43(57)54-47(41)60/h2,4-5,10-15,18-19,26,30-32,36,41H,3,6-9,16-17,20-25,27-29H2,1H3,(H,52,58)(H,53,59)(H,54,57,60)/t30-,31-,32+,41?/m1/s1. The summed E-state index contributed by atoms with van der Waals surface area (Å²) in [4.78, 5) is 83.3. The summed E-state index contributed by atoms with van der Waals surface area (Å²) in [7, 11) is 0. The second-order valence-electron chi connectivity index (χ2n) is 17.3. The van der Waals surface area contributed by atoms with Gasteiger partial charge in [0.15, 0.2) is 6.61 Å². The van der Waals surface area contributed by atoms with Crippen molar-refractivity contribution in [3.05, 3.63) is 95.4 Å². The van der Waals surface area contributed by atoms with Gasteiger partial charge in [0, 0.05) is 62.4 Å². The fourth-order valence-corrected chi connectivity index (χ4v) is 9.26. The zero-order chi connectivity index (χ0) is 46.2. The van der Waals surface area contributed by atoms with Gasteiger partial charge < -0.3 is 29.6 Å². The molecule has 3 N–H and O–H groups in total. The van der Waals surface area contributed by atoms with Crippen molar-refractivity contribution in [2.45, 2.75) is 69.9 Å². The lowest BCUT2D eigenvalue weighted by molar-refractivity contribution is -0.136. The van der Waals surface area contributed by atoms with Crippen molar-refractivity contribution in [3.8, 4) is 11.5 Å². The van der Waals surface area contributed by atoms with Gasteiger partial charge in [-0.15, -0.1) is 0 Å². The largest absolute Gasteiger partial charge is 0.488 e. The van der Waals surface area contributed by atoms with Crippen molar-refractivity contribution < 1.29 is 52.1 Å². The van der Waals surface area contributed by atoms with Crippen LogP contribution in [0.2, 0.25) is 0 Å². The highest BCUT2D eigenvalue weighted by molar-refractivity contribution is 6.24. The lowest BCUT2D eigenvalue weighted by Gasteiger charge is -2.39. The van der Waals surface area contributed by atoms with Gasteiger partial charge in [-0.25, -0.2) is 4.39 Å². The van der Waals surface area contributed by atoms with Crippen LogP contribution in [-0.2, 0) is 28.7 Å². The summed E-state index contributed by atoms with van der Waals surface area (Å²) in [6.07, 6.45) is 6.59. The Labute approximate surface area is 381 Å². The van der Waals surface area contributed by atoms with Crippen LogP contribution in [0.3, 0.4) is 0 Å². The van der Waals surface area contributed by atoms with E-state index in [1.165, 1.54) is 24.3 Å². The van der Waals surface area contributed by atoms with Crippen molar-refractivity contribution in [2.75, 3.05) is 64.5 Å². The summed E-state index contributed by atoms with van der Waals surface area (Å²) in [5.41, 5.74) is 2.73. The maximum atomic E-state index is 14.0. The van der Waals surface area contributed by atoms with E-state index in [0.717, 1.165) is 84.5 Å². The number of benzene rings is 3. The van der Waals surface area contributed by atoms with E-state index in [2.05, 4.69) is 25.8 Å². The topological polar surface area (TPSA) is 195 Å². The zero-order valence-electron chi connectivity index (χ0n) is 36.9. The van der Waals surface area contributed by atoms with Gasteiger partial charge in [-0.05, 0) is 117 Å². The second kappa shape index (κ2) is 21.3. The summed E-state index contributed by atoms with van der Waals surface area (Å²) >= 11 is 0. The Morgan fingerprint density at radius 2 is 1.67 bits per heavy atom. The van der Waals surface area contributed by atoms with Gasteiger partial charge in [-0.3, -0.25) is 48.9 Å². The molecule has 1 aromatic heterocycles. The fourth-order valence-electron chi connectivity index (χ4n) is 9.26. The Bertz CT molecular complexity index is 2440. The van der Waals surface area contributed by atoms with Crippen LogP contribution in [0.5, 0.6) is 11.5 Å². The van der Waals surface area contributed by atoms with E-state index >= 15 is 0 Å². The number of amides is 6. The SMILES string of the molecule is C[C@@H](C(=O)Nc1ccc(OC2CN(CCCOCCOCCNC(=O)COc3cccc4c3C(=O)N(C3CCC(=O)NC3=O)C4=O)C2)cc1)[C@H]1CC[C@@H](c2ccnc3ccc(F)cc32)CC1. The smallest absolute Gasteiger partial charge is 0.266 e. The number of halogens is 1. The number of hydrogen-bond acceptors (Lipinski definition) is 12. The van der Waals surface area contributed by atoms with Crippen LogP contribution in [-0.4, -0.2) is 122 Å². The van der Waals surface area contributed by atoms with Gasteiger partial charge in [0.25, 0.3) is 17.7 Å². The number of fused-ring (bicyclic) bond motifs is 2. The molecular formula is C49H55FN6O10. The Balaban J connectivity index is 0.634. The molecule has 3 fully saturated rings. The lowest BCUT2D eigenvalue weighted by Crippen LogP contribution is -2.54. The molecule has 16 nitrogen and oxygen atoms in total. The van der Waals surface area contributed by atoms with Crippen LogP contribution in [0, 0.1) is 17.7 Å². The first-order valence-electron chi connectivity index (χ1n) is 22.8. The number of carbonyl (C=O) groups is 6. The normalized spacial score (nSPS) is 20.4. The molecule has 6 amide bonds. The van der Waals surface area contributed by atoms with E-state index in [0.29, 0.717) is 25.7 Å². The van der Waals surface area contributed by atoms with Gasteiger partial charge in [0.05, 0.1) is 36.5 Å². The predicted octanol–water partition coefficient (Wildman–Crippen LogP) is 5.01. The molecule has 4 heterocycles. The van der Waals surface area contributed by atoms with Crippen LogP contribution in [0.1, 0.15) is 84.1 Å². The third-order valence-electron chi connectivity index (χ3n) is 12.9. The average molecular weight is 907 g/mol. The molecule has 2 atom stereocenters. The number of nitrogens with one attached hydrogen (secondary N) is 3. The Kier molecular flexibility index (Phi) is 14.9. The van der Waals surface area contributed by atoms with Gasteiger partial charge in [0.2, 0.25) is 17.7 Å². The Morgan fingerprint density at radius 3 is 2.44 bits per heavy atom. The molecule has 66 heavy (non-hydrogen) atoms. The minimum absolute atomic E-state index is 0.00987. The molecule has 2 saturated heterocycles. The minimum atomic E-state index is -1.10. The number of hydrogen-bond donors (Lipinski definition) is 3. The summed E-state index contributed by atoms with van der Waals surface area (Å²) in [5.74, 6) is -1.94. The van der Waals surface area contributed by atoms with E-state index in [1.807, 2.05) is 37.3 Å². The highest BCUT2D eigenvalue weighted by Gasteiger charge is 2.46. The van der Waals surface area contributed by atoms with E-state index in [4.69, 9.17) is 18.9 Å². The zero-order valence-corrected chi connectivity index (χ0v) is 36.9. The number of aromatic nitrogens is 1. The van der Waals surface area contributed by atoms with Gasteiger partial charge in [0.1, 0.15) is 29.5 Å². The first-order chi connectivity index (χ1) is 32.0. The molecule has 0 spiro atoms. The summed E-state index contributed by atoms with van der Waals surface area (Å²) < 4.78 is 37.0. The third-order valence-corrected chi connectivity index (χ3v) is 12.9. The number of likely N-dealkylation sites (tertiary alicyclic amines) is 1. The number of ether oxygens (including phenoxy) is 4. The van der Waals surface area contributed by atoms with Crippen LogP contribution in [0.4, 0.5) is 10.1 Å². The highest BCUT2D eigenvalue weighted by Crippen LogP contribution is 2.41. The molecule has 4 aliphatic rings. The van der Waals surface area contributed by atoms with E-state index < -0.39 is 42.2 Å². The van der Waals surface area contributed by atoms with E-state index in [1.54, 1.807) is 18.3 Å². The van der Waals surface area contributed by atoms with Crippen LogP contribution < -0.4 is 25.4 Å². The maximum absolute atomic E-state index is 14.0. The maximum Gasteiger partial charge on any atom is 0.266 e. The third kappa shape index (κ3) is 11.0. The van der Waals surface area contributed by atoms with Gasteiger partial charge in [-0.1, -0.05) is 13.0 Å². The lowest BCUT2D eigenvalue weighted by atomic mass is 9.73. The fraction of sp³-hybridized carbons (Fsp3) is 0.449. The molecule has 1 unspecified atom stereocenters. The summed E-state index contributed by atoms with van der Waals surface area (Å²) in [5, 5.41) is 8.81. The van der Waals surface area contributed by atoms with Crippen molar-refractivity contribution in [1.29, 1.82) is 0 Å². The average Bonchev–Trinajstić information content (AvgIpc) is 3.56. The van der Waals surface area contributed by atoms with Crippen molar-refractivity contribution >= 4 is 52.0 Å². The number of carbonyl (C=O) groups excluding carboxylic acids is 6. The minimum Gasteiger partial charge on any atom is -0.488 e. The molecule has 4 aromatic rings. The molecule has 0 radical (unpaired) electrons. The highest BCUT2D eigenvalue weighted by atomic mass is 19.1. The number of pyridine rings is 1. The molecule has 17 heteroatoms. The summed E-state index contributed by atoms with van der Waals surface area (Å²) in [6, 6.07) is 17.7. The quantitative estimate of drug-likeness (QED) is 0.0795. The number of piperidine rings is 1. The van der Waals surface area contributed by atoms with E-state index in [-0.39, 0.29) is 72.5 Å². The molecule has 3 aromatic carbocycles. The predicted molar refractivity (Wildman–Crippen MR) is 239 cm³/mol. The first-order valence-corrected chi connectivity index (χ1v) is 22.8. The van der Waals surface area contributed by atoms with Gasteiger partial charge in [-0.2, -0.15) is 0 Å². The molecule has 3 aliphatic heterocycles. The Morgan fingerprint density at radius 1 is 0.894 bits per heavy atom. The number of imide groups is 2. The number of rotatable bonds is 20. The van der Waals surface area contributed by atoms with Crippen LogP contribution in [0.15, 0.2) is 72.9 Å². The van der Waals surface area contributed by atoms with Crippen LogP contribution in [0.25, 0.3) is 10.9 Å². The molecule has 1 saturated carbocycles. The Hall–Kier alpha value is -6.30.